The van der Waals surface area contributed by atoms with Crippen LogP contribution in [0.1, 0.15) is 44.6 Å². The maximum Gasteiger partial charge on any atom is 0.310 e. The lowest BCUT2D eigenvalue weighted by Crippen LogP contribution is -2.24. The van der Waals surface area contributed by atoms with E-state index in [-0.39, 0.29) is 16.7 Å². The van der Waals surface area contributed by atoms with Gasteiger partial charge in [0.05, 0.1) is 11.0 Å². The van der Waals surface area contributed by atoms with Crippen LogP contribution in [0.5, 0.6) is 5.75 Å². The molecule has 1 aromatic carbocycles. The molecule has 110 valence electrons. The van der Waals surface area contributed by atoms with Gasteiger partial charge in [-0.2, -0.15) is 0 Å². The molecule has 1 aliphatic rings. The van der Waals surface area contributed by atoms with Crippen molar-refractivity contribution in [2.45, 2.75) is 50.5 Å². The Hall–Kier alpha value is -1.10. The summed E-state index contributed by atoms with van der Waals surface area (Å²) in [7, 11) is 0. The molecule has 5 heteroatoms. The Kier molecular flexibility index (Phi) is 5.40. The number of rotatable bonds is 5. The van der Waals surface area contributed by atoms with Gasteiger partial charge in [-0.3, -0.25) is 10.1 Å². The van der Waals surface area contributed by atoms with E-state index < -0.39 is 0 Å². The average Bonchev–Trinajstić information content (AvgIpc) is 2.47. The molecule has 2 rings (SSSR count). The fourth-order valence-electron chi connectivity index (χ4n) is 2.72. The molecular formula is C15H20BrNO3. The van der Waals surface area contributed by atoms with E-state index in [2.05, 4.69) is 22.9 Å². The number of nitro benzene ring substituents is 1. The summed E-state index contributed by atoms with van der Waals surface area (Å²) in [6.45, 7) is 2.22. The van der Waals surface area contributed by atoms with Crippen molar-refractivity contribution in [3.8, 4) is 5.75 Å². The second-order valence-corrected chi connectivity index (χ2v) is 5.92. The Morgan fingerprint density at radius 3 is 2.60 bits per heavy atom. The summed E-state index contributed by atoms with van der Waals surface area (Å²) < 4.78 is 5.92. The summed E-state index contributed by atoms with van der Waals surface area (Å²) in [5, 5.41) is 11.7. The number of nitro groups is 1. The molecule has 0 aromatic heterocycles. The van der Waals surface area contributed by atoms with Crippen molar-refractivity contribution in [2.24, 2.45) is 5.92 Å². The molecule has 0 spiro atoms. The van der Waals surface area contributed by atoms with Gasteiger partial charge in [0, 0.05) is 11.4 Å². The van der Waals surface area contributed by atoms with Gasteiger partial charge in [0.15, 0.2) is 5.75 Å². The van der Waals surface area contributed by atoms with E-state index in [1.807, 2.05) is 0 Å². The molecule has 0 bridgehead atoms. The summed E-state index contributed by atoms with van der Waals surface area (Å²) in [6, 6.07) is 5.07. The van der Waals surface area contributed by atoms with Gasteiger partial charge in [-0.1, -0.05) is 35.3 Å². The number of benzene rings is 1. The third-order valence-electron chi connectivity index (χ3n) is 4.04. The summed E-state index contributed by atoms with van der Waals surface area (Å²) in [5.74, 6) is 1.20. The molecule has 0 amide bonds. The fraction of sp³-hybridized carbons (Fsp3) is 0.600. The van der Waals surface area contributed by atoms with Crippen LogP contribution in [0.25, 0.3) is 0 Å². The number of hydrogen-bond acceptors (Lipinski definition) is 3. The molecule has 1 saturated carbocycles. The molecule has 0 N–H and O–H groups in total. The van der Waals surface area contributed by atoms with Crippen molar-refractivity contribution in [1.29, 1.82) is 0 Å². The number of hydrogen-bond donors (Lipinski definition) is 0. The van der Waals surface area contributed by atoms with E-state index >= 15 is 0 Å². The molecule has 4 nitrogen and oxygen atoms in total. The number of halogens is 1. The van der Waals surface area contributed by atoms with Crippen LogP contribution in [-0.2, 0) is 5.33 Å². The molecule has 0 saturated heterocycles. The fourth-order valence-corrected chi connectivity index (χ4v) is 3.07. The molecule has 0 unspecified atom stereocenters. The van der Waals surface area contributed by atoms with Crippen molar-refractivity contribution in [2.75, 3.05) is 0 Å². The van der Waals surface area contributed by atoms with Gasteiger partial charge in [-0.05, 0) is 43.2 Å². The van der Waals surface area contributed by atoms with Gasteiger partial charge in [0.25, 0.3) is 0 Å². The first kappa shape index (κ1) is 15.3. The lowest BCUT2D eigenvalue weighted by molar-refractivity contribution is -0.386. The van der Waals surface area contributed by atoms with Crippen LogP contribution in [0.3, 0.4) is 0 Å². The molecule has 1 aromatic rings. The number of ether oxygens (including phenoxy) is 1. The van der Waals surface area contributed by atoms with Crippen LogP contribution >= 0.6 is 15.9 Å². The second kappa shape index (κ2) is 7.07. The standard InChI is InChI=1S/C15H20BrNO3/c1-2-11-3-6-13(7-4-11)20-15-9-12(10-16)5-8-14(15)17(18)19/h5,8-9,11,13H,2-4,6-7,10H2,1H3. The molecule has 0 atom stereocenters. The van der Waals surface area contributed by atoms with E-state index in [4.69, 9.17) is 4.74 Å². The number of nitrogens with zero attached hydrogens (tertiary/aromatic N) is 1. The van der Waals surface area contributed by atoms with E-state index in [1.54, 1.807) is 12.1 Å². The largest absolute Gasteiger partial charge is 0.483 e. The summed E-state index contributed by atoms with van der Waals surface area (Å²) >= 11 is 3.37. The van der Waals surface area contributed by atoms with Crippen LogP contribution in [0.2, 0.25) is 0 Å². The van der Waals surface area contributed by atoms with E-state index in [9.17, 15) is 10.1 Å². The zero-order valence-electron chi connectivity index (χ0n) is 11.7. The van der Waals surface area contributed by atoms with Gasteiger partial charge < -0.3 is 4.74 Å². The Balaban J connectivity index is 2.09. The van der Waals surface area contributed by atoms with Crippen molar-refractivity contribution < 1.29 is 9.66 Å². The molecule has 0 aliphatic heterocycles. The molecular weight excluding hydrogens is 322 g/mol. The van der Waals surface area contributed by atoms with Gasteiger partial charge >= 0.3 is 5.69 Å². The first-order chi connectivity index (χ1) is 9.63. The molecule has 20 heavy (non-hydrogen) atoms. The van der Waals surface area contributed by atoms with E-state index in [1.165, 1.54) is 12.5 Å². The lowest BCUT2D eigenvalue weighted by Gasteiger charge is -2.28. The predicted molar refractivity (Wildman–Crippen MR) is 82.4 cm³/mol. The quantitative estimate of drug-likeness (QED) is 0.437. The second-order valence-electron chi connectivity index (χ2n) is 5.36. The summed E-state index contributed by atoms with van der Waals surface area (Å²) in [5.41, 5.74) is 1.06. The SMILES string of the molecule is CCC1CCC(Oc2cc(CBr)ccc2[N+](=O)[O-])CC1. The Morgan fingerprint density at radius 1 is 1.35 bits per heavy atom. The maximum atomic E-state index is 11.1. The van der Waals surface area contributed by atoms with Gasteiger partial charge in [0.1, 0.15) is 0 Å². The minimum Gasteiger partial charge on any atom is -0.483 e. The third-order valence-corrected chi connectivity index (χ3v) is 4.69. The van der Waals surface area contributed by atoms with Crippen molar-refractivity contribution in [1.82, 2.24) is 0 Å². The highest BCUT2D eigenvalue weighted by Crippen LogP contribution is 2.34. The van der Waals surface area contributed by atoms with Crippen LogP contribution in [0.15, 0.2) is 18.2 Å². The smallest absolute Gasteiger partial charge is 0.310 e. The predicted octanol–water partition coefficient (Wildman–Crippen LogP) is 4.84. The normalized spacial score (nSPS) is 22.5. The van der Waals surface area contributed by atoms with Gasteiger partial charge in [0.2, 0.25) is 0 Å². The molecule has 0 heterocycles. The maximum absolute atomic E-state index is 11.1. The summed E-state index contributed by atoms with van der Waals surface area (Å²) in [4.78, 5) is 10.7. The summed E-state index contributed by atoms with van der Waals surface area (Å²) in [6.07, 6.45) is 5.64. The topological polar surface area (TPSA) is 52.4 Å². The molecule has 1 aliphatic carbocycles. The van der Waals surface area contributed by atoms with Crippen LogP contribution in [0.4, 0.5) is 5.69 Å². The van der Waals surface area contributed by atoms with Crippen molar-refractivity contribution >= 4 is 21.6 Å². The molecule has 1 fully saturated rings. The zero-order chi connectivity index (χ0) is 14.5. The highest BCUT2D eigenvalue weighted by Gasteiger charge is 2.24. The van der Waals surface area contributed by atoms with Crippen molar-refractivity contribution in [3.63, 3.8) is 0 Å². The monoisotopic (exact) mass is 341 g/mol. The lowest BCUT2D eigenvalue weighted by atomic mass is 9.86. The average molecular weight is 342 g/mol. The van der Waals surface area contributed by atoms with Gasteiger partial charge in [-0.15, -0.1) is 0 Å². The van der Waals surface area contributed by atoms with Crippen LogP contribution in [-0.4, -0.2) is 11.0 Å². The van der Waals surface area contributed by atoms with Gasteiger partial charge in [-0.25, -0.2) is 0 Å². The zero-order valence-corrected chi connectivity index (χ0v) is 13.3. The van der Waals surface area contributed by atoms with E-state index in [0.717, 1.165) is 37.2 Å². The van der Waals surface area contributed by atoms with Crippen LogP contribution in [0, 0.1) is 16.0 Å². The van der Waals surface area contributed by atoms with Crippen molar-refractivity contribution in [3.05, 3.63) is 33.9 Å². The molecule has 0 radical (unpaired) electrons. The minimum atomic E-state index is -0.370. The Morgan fingerprint density at radius 2 is 2.05 bits per heavy atom. The highest BCUT2D eigenvalue weighted by molar-refractivity contribution is 9.08. The van der Waals surface area contributed by atoms with E-state index in [0.29, 0.717) is 11.1 Å². The number of alkyl halides is 1. The Labute approximate surface area is 127 Å². The van der Waals surface area contributed by atoms with Crippen LogP contribution < -0.4 is 4.74 Å². The minimum absolute atomic E-state index is 0.0623. The third kappa shape index (κ3) is 3.72. The Bertz CT molecular complexity index is 470. The first-order valence-electron chi connectivity index (χ1n) is 7.14. The highest BCUT2D eigenvalue weighted by atomic mass is 79.9. The first-order valence-corrected chi connectivity index (χ1v) is 8.26.